The molecule has 0 bridgehead atoms. The van der Waals surface area contributed by atoms with Gasteiger partial charge in [-0.3, -0.25) is 0 Å². The van der Waals surface area contributed by atoms with Crippen molar-refractivity contribution in [2.24, 2.45) is 5.92 Å². The lowest BCUT2D eigenvalue weighted by Crippen LogP contribution is -2.37. The van der Waals surface area contributed by atoms with Crippen molar-refractivity contribution < 1.29 is 9.15 Å². The van der Waals surface area contributed by atoms with Gasteiger partial charge in [0.2, 0.25) is 0 Å². The molecule has 3 heteroatoms. The van der Waals surface area contributed by atoms with Gasteiger partial charge >= 0.3 is 0 Å². The van der Waals surface area contributed by atoms with Gasteiger partial charge in [-0.1, -0.05) is 18.2 Å². The van der Waals surface area contributed by atoms with Gasteiger partial charge in [-0.2, -0.15) is 0 Å². The van der Waals surface area contributed by atoms with Crippen LogP contribution in [0.1, 0.15) is 45.7 Å². The van der Waals surface area contributed by atoms with E-state index in [4.69, 9.17) is 9.15 Å². The predicted octanol–water partition coefficient (Wildman–Crippen LogP) is 4.29. The van der Waals surface area contributed by atoms with E-state index in [1.54, 1.807) is 0 Å². The summed E-state index contributed by atoms with van der Waals surface area (Å²) in [6.45, 7) is 8.74. The van der Waals surface area contributed by atoms with Gasteiger partial charge in [0, 0.05) is 22.9 Å². The molecule has 2 atom stereocenters. The average Bonchev–Trinajstić information content (AvgIpc) is 2.90. The first-order valence-corrected chi connectivity index (χ1v) is 7.68. The molecule has 0 spiro atoms. The maximum Gasteiger partial charge on any atom is 0.134 e. The second-order valence-electron chi connectivity index (χ2n) is 7.23. The number of para-hydroxylation sites is 1. The van der Waals surface area contributed by atoms with E-state index >= 15 is 0 Å². The molecule has 0 amide bonds. The Morgan fingerprint density at radius 2 is 1.90 bits per heavy atom. The Labute approximate surface area is 126 Å². The first kappa shape index (κ1) is 14.6. The fraction of sp³-hybridized carbons (Fsp3) is 0.556. The van der Waals surface area contributed by atoms with Crippen molar-refractivity contribution in [3.8, 4) is 0 Å². The summed E-state index contributed by atoms with van der Waals surface area (Å²) in [5, 5.41) is 4.68. The van der Waals surface area contributed by atoms with E-state index in [0.717, 1.165) is 12.0 Å². The second kappa shape index (κ2) is 4.85. The molecule has 21 heavy (non-hydrogen) atoms. The first-order chi connectivity index (χ1) is 9.84. The summed E-state index contributed by atoms with van der Waals surface area (Å²) in [4.78, 5) is 0. The molecule has 1 aliphatic heterocycles. The lowest BCUT2D eigenvalue weighted by molar-refractivity contribution is -0.0776. The molecule has 2 unspecified atom stereocenters. The van der Waals surface area contributed by atoms with Gasteiger partial charge in [0.1, 0.15) is 5.58 Å². The molecule has 3 nitrogen and oxygen atoms in total. The molecule has 1 N–H and O–H groups in total. The highest BCUT2D eigenvalue weighted by molar-refractivity contribution is 5.81. The van der Waals surface area contributed by atoms with Crippen LogP contribution in [0.2, 0.25) is 0 Å². The van der Waals surface area contributed by atoms with Gasteiger partial charge in [0.05, 0.1) is 17.5 Å². The van der Waals surface area contributed by atoms with Crippen molar-refractivity contribution in [3.63, 3.8) is 0 Å². The van der Waals surface area contributed by atoms with E-state index < -0.39 is 0 Å². The largest absolute Gasteiger partial charge is 0.464 e. The van der Waals surface area contributed by atoms with Crippen molar-refractivity contribution >= 4 is 11.0 Å². The molecule has 1 aromatic heterocycles. The summed E-state index contributed by atoms with van der Waals surface area (Å²) in [7, 11) is 2.02. The van der Waals surface area contributed by atoms with E-state index in [1.165, 1.54) is 10.9 Å². The van der Waals surface area contributed by atoms with Gasteiger partial charge in [-0.05, 0) is 47.2 Å². The number of hydrogen-bond acceptors (Lipinski definition) is 3. The molecule has 3 rings (SSSR count). The van der Waals surface area contributed by atoms with Crippen LogP contribution in [0.5, 0.6) is 0 Å². The molecule has 0 saturated carbocycles. The Balaban J connectivity index is 2.03. The van der Waals surface area contributed by atoms with Crippen LogP contribution in [-0.4, -0.2) is 18.2 Å². The van der Waals surface area contributed by atoms with Crippen molar-refractivity contribution in [2.45, 2.75) is 51.4 Å². The van der Waals surface area contributed by atoms with Crippen LogP contribution in [0.15, 0.2) is 34.9 Å². The Kier molecular flexibility index (Phi) is 3.38. The van der Waals surface area contributed by atoms with Crippen LogP contribution in [0.25, 0.3) is 11.0 Å². The predicted molar refractivity (Wildman–Crippen MR) is 85.4 cm³/mol. The molecule has 0 aliphatic carbocycles. The van der Waals surface area contributed by atoms with E-state index in [9.17, 15) is 0 Å². The van der Waals surface area contributed by atoms with Gasteiger partial charge in [0.15, 0.2) is 0 Å². The van der Waals surface area contributed by atoms with E-state index in [2.05, 4.69) is 45.1 Å². The summed E-state index contributed by atoms with van der Waals surface area (Å²) < 4.78 is 12.0. The van der Waals surface area contributed by atoms with Crippen LogP contribution in [0.4, 0.5) is 0 Å². The number of ether oxygens (including phenoxy) is 1. The van der Waals surface area contributed by atoms with Crippen LogP contribution in [0, 0.1) is 5.92 Å². The van der Waals surface area contributed by atoms with Crippen molar-refractivity contribution in [2.75, 3.05) is 7.05 Å². The van der Waals surface area contributed by atoms with Crippen LogP contribution in [-0.2, 0) is 4.74 Å². The van der Waals surface area contributed by atoms with Crippen LogP contribution >= 0.6 is 0 Å². The molecule has 1 saturated heterocycles. The summed E-state index contributed by atoms with van der Waals surface area (Å²) >= 11 is 0. The molecule has 0 radical (unpaired) electrons. The van der Waals surface area contributed by atoms with Gasteiger partial charge in [-0.15, -0.1) is 0 Å². The Bertz CT molecular complexity index is 641. The summed E-state index contributed by atoms with van der Waals surface area (Å²) in [5.41, 5.74) is 1.94. The smallest absolute Gasteiger partial charge is 0.134 e. The molecular weight excluding hydrogens is 262 g/mol. The highest BCUT2D eigenvalue weighted by atomic mass is 16.5. The lowest BCUT2D eigenvalue weighted by atomic mass is 9.79. The molecular formula is C18H25NO2. The molecule has 2 heterocycles. The van der Waals surface area contributed by atoms with Crippen LogP contribution < -0.4 is 5.32 Å². The Morgan fingerprint density at radius 1 is 1.19 bits per heavy atom. The average molecular weight is 287 g/mol. The minimum absolute atomic E-state index is 0.0805. The number of benzene rings is 1. The monoisotopic (exact) mass is 287 g/mol. The number of fused-ring (bicyclic) bond motifs is 1. The normalized spacial score (nSPS) is 25.3. The van der Waals surface area contributed by atoms with Crippen molar-refractivity contribution in [1.82, 2.24) is 5.32 Å². The summed E-state index contributed by atoms with van der Waals surface area (Å²) in [6.07, 6.45) is 2.93. The molecule has 1 aliphatic rings. The third-order valence-corrected chi connectivity index (χ3v) is 4.70. The van der Waals surface area contributed by atoms with Crippen molar-refractivity contribution in [1.29, 1.82) is 0 Å². The Morgan fingerprint density at radius 3 is 2.52 bits per heavy atom. The number of furan rings is 1. The highest BCUT2D eigenvalue weighted by Crippen LogP contribution is 2.48. The van der Waals surface area contributed by atoms with E-state index in [0.29, 0.717) is 5.92 Å². The maximum atomic E-state index is 6.27. The van der Waals surface area contributed by atoms with Gasteiger partial charge < -0.3 is 14.5 Å². The zero-order chi connectivity index (χ0) is 15.3. The summed E-state index contributed by atoms with van der Waals surface area (Å²) in [5.74, 6) is 0.401. The fourth-order valence-corrected chi connectivity index (χ4v) is 3.94. The number of nitrogens with one attached hydrogen (secondary N) is 1. The Hall–Kier alpha value is -1.32. The first-order valence-electron chi connectivity index (χ1n) is 7.68. The zero-order valence-electron chi connectivity index (χ0n) is 13.6. The standard InChI is InChI=1S/C18H25NO2/c1-17(2)10-14(18(3,4)21-17)16(19-5)13-11-20-15-9-7-6-8-12(13)15/h6-9,11,14,16,19H,10H2,1-5H3. The number of rotatable bonds is 3. The van der Waals surface area contributed by atoms with E-state index in [1.807, 2.05) is 25.4 Å². The molecule has 1 aromatic carbocycles. The topological polar surface area (TPSA) is 34.4 Å². The van der Waals surface area contributed by atoms with Crippen molar-refractivity contribution in [3.05, 3.63) is 36.1 Å². The van der Waals surface area contributed by atoms with Gasteiger partial charge in [0.25, 0.3) is 0 Å². The van der Waals surface area contributed by atoms with E-state index in [-0.39, 0.29) is 17.2 Å². The highest BCUT2D eigenvalue weighted by Gasteiger charge is 2.49. The third-order valence-electron chi connectivity index (χ3n) is 4.70. The third kappa shape index (κ3) is 2.49. The molecule has 2 aromatic rings. The fourth-order valence-electron chi connectivity index (χ4n) is 3.94. The maximum absolute atomic E-state index is 6.27. The SMILES string of the molecule is CNC(c1coc2ccccc12)C1CC(C)(C)OC1(C)C. The molecule has 114 valence electrons. The minimum Gasteiger partial charge on any atom is -0.464 e. The minimum atomic E-state index is -0.157. The molecule has 1 fully saturated rings. The number of hydrogen-bond donors (Lipinski definition) is 1. The second-order valence-corrected chi connectivity index (χ2v) is 7.23. The zero-order valence-corrected chi connectivity index (χ0v) is 13.6. The van der Waals surface area contributed by atoms with Crippen LogP contribution in [0.3, 0.4) is 0 Å². The van der Waals surface area contributed by atoms with Gasteiger partial charge in [-0.25, -0.2) is 0 Å². The lowest BCUT2D eigenvalue weighted by Gasteiger charge is -2.32. The quantitative estimate of drug-likeness (QED) is 0.914. The summed E-state index contributed by atoms with van der Waals surface area (Å²) in [6, 6.07) is 8.45.